The highest BCUT2D eigenvalue weighted by atomic mass is 14.7. The number of aromatic nitrogens is 1. The van der Waals surface area contributed by atoms with Gasteiger partial charge in [-0.2, -0.15) is 0 Å². The van der Waals surface area contributed by atoms with Crippen molar-refractivity contribution in [2.75, 3.05) is 0 Å². The van der Waals surface area contributed by atoms with E-state index in [1.807, 2.05) is 0 Å². The molecular formula is C28H21N. The molecule has 0 radical (unpaired) electrons. The van der Waals surface area contributed by atoms with Gasteiger partial charge in [-0.25, -0.2) is 0 Å². The molecule has 0 atom stereocenters. The van der Waals surface area contributed by atoms with Gasteiger partial charge in [0.15, 0.2) is 0 Å². The largest absolute Gasteiger partial charge is 0.354 e. The molecule has 0 unspecified atom stereocenters. The molecule has 1 N–H and O–H groups in total. The van der Waals surface area contributed by atoms with Crippen LogP contribution in [0.1, 0.15) is 18.1 Å². The predicted octanol–water partition coefficient (Wildman–Crippen LogP) is 8.12. The van der Waals surface area contributed by atoms with Gasteiger partial charge in [0.2, 0.25) is 0 Å². The van der Waals surface area contributed by atoms with Crippen LogP contribution in [0, 0.1) is 6.92 Å². The Morgan fingerprint density at radius 1 is 0.586 bits per heavy atom. The molecule has 0 bridgehead atoms. The van der Waals surface area contributed by atoms with Gasteiger partial charge in [0.1, 0.15) is 0 Å². The van der Waals surface area contributed by atoms with Crippen molar-refractivity contribution in [2.24, 2.45) is 0 Å². The fraction of sp³-hybridized carbons (Fsp3) is 0.0714. The third-order valence-corrected chi connectivity index (χ3v) is 6.28. The lowest BCUT2D eigenvalue weighted by Gasteiger charge is -2.11. The number of rotatable bonds is 1. The van der Waals surface area contributed by atoms with E-state index in [2.05, 4.69) is 104 Å². The average molecular weight is 371 g/mol. The van der Waals surface area contributed by atoms with Gasteiger partial charge in [-0.15, -0.1) is 0 Å². The van der Waals surface area contributed by atoms with Crippen LogP contribution in [0.5, 0.6) is 0 Å². The standard InChI is InChI=1S/C28H21N/c1-3-10-18-17(2)27-25(22-14-7-4-11-19(18)22)26-23-15-8-5-12-20(23)21-13-6-9-16-24(21)28(26)29-27/h3-16,29H,1-2H3/b10-3-. The van der Waals surface area contributed by atoms with Crippen molar-refractivity contribution in [3.8, 4) is 0 Å². The maximum atomic E-state index is 3.84. The maximum absolute atomic E-state index is 3.84. The van der Waals surface area contributed by atoms with Crippen LogP contribution in [0.2, 0.25) is 0 Å². The Kier molecular flexibility index (Phi) is 3.36. The van der Waals surface area contributed by atoms with Gasteiger partial charge in [0.25, 0.3) is 0 Å². The van der Waals surface area contributed by atoms with E-state index >= 15 is 0 Å². The van der Waals surface area contributed by atoms with Crippen LogP contribution in [0.25, 0.3) is 60.2 Å². The Morgan fingerprint density at radius 3 is 1.72 bits per heavy atom. The van der Waals surface area contributed by atoms with E-state index in [1.54, 1.807) is 0 Å². The molecule has 5 aromatic carbocycles. The average Bonchev–Trinajstić information content (AvgIpc) is 3.18. The van der Waals surface area contributed by atoms with E-state index in [4.69, 9.17) is 0 Å². The summed E-state index contributed by atoms with van der Waals surface area (Å²) >= 11 is 0. The summed E-state index contributed by atoms with van der Waals surface area (Å²) in [4.78, 5) is 3.84. The van der Waals surface area contributed by atoms with Crippen molar-refractivity contribution in [3.63, 3.8) is 0 Å². The number of nitrogens with one attached hydrogen (secondary N) is 1. The number of hydrogen-bond donors (Lipinski definition) is 1. The number of fused-ring (bicyclic) bond motifs is 10. The first-order valence-electron chi connectivity index (χ1n) is 10.2. The third kappa shape index (κ3) is 2.10. The smallest absolute Gasteiger partial charge is 0.0551 e. The van der Waals surface area contributed by atoms with E-state index in [0.717, 1.165) is 0 Å². The summed E-state index contributed by atoms with van der Waals surface area (Å²) in [7, 11) is 0. The highest BCUT2D eigenvalue weighted by molar-refractivity contribution is 6.35. The summed E-state index contributed by atoms with van der Waals surface area (Å²) in [6.45, 7) is 4.33. The van der Waals surface area contributed by atoms with Gasteiger partial charge in [0, 0.05) is 16.2 Å². The van der Waals surface area contributed by atoms with Crippen molar-refractivity contribution < 1.29 is 0 Å². The van der Waals surface area contributed by atoms with E-state index in [1.165, 1.54) is 65.3 Å². The fourth-order valence-electron chi connectivity index (χ4n) is 5.05. The zero-order valence-electron chi connectivity index (χ0n) is 16.6. The Morgan fingerprint density at radius 2 is 1.07 bits per heavy atom. The summed E-state index contributed by atoms with van der Waals surface area (Å²) in [6, 6.07) is 26.4. The highest BCUT2D eigenvalue weighted by Gasteiger charge is 2.18. The monoisotopic (exact) mass is 371 g/mol. The van der Waals surface area contributed by atoms with Crippen molar-refractivity contribution >= 4 is 60.2 Å². The minimum Gasteiger partial charge on any atom is -0.354 e. The topological polar surface area (TPSA) is 15.8 Å². The van der Waals surface area contributed by atoms with Gasteiger partial charge in [-0.1, -0.05) is 84.9 Å². The van der Waals surface area contributed by atoms with Crippen molar-refractivity contribution in [1.29, 1.82) is 0 Å². The molecule has 1 heteroatoms. The first-order chi connectivity index (χ1) is 14.3. The Balaban J connectivity index is 2.03. The molecule has 0 spiro atoms. The number of aromatic amines is 1. The SMILES string of the molecule is C/C=C\c1c(C)c2[nH]c3c4ccccc4c4ccccc4c3c2c2ccccc12. The van der Waals surface area contributed by atoms with Gasteiger partial charge in [0.05, 0.1) is 11.0 Å². The van der Waals surface area contributed by atoms with Crippen molar-refractivity contribution in [1.82, 2.24) is 4.98 Å². The lowest BCUT2D eigenvalue weighted by molar-refractivity contribution is 1.45. The first kappa shape index (κ1) is 16.4. The number of H-pyrrole nitrogens is 1. The second-order valence-corrected chi connectivity index (χ2v) is 7.80. The minimum absolute atomic E-state index is 1.24. The number of aryl methyl sites for hydroxylation is 1. The molecule has 0 aliphatic heterocycles. The van der Waals surface area contributed by atoms with Crippen LogP contribution >= 0.6 is 0 Å². The lowest BCUT2D eigenvalue weighted by Crippen LogP contribution is -1.87. The van der Waals surface area contributed by atoms with E-state index in [-0.39, 0.29) is 0 Å². The van der Waals surface area contributed by atoms with Crippen LogP contribution in [0.4, 0.5) is 0 Å². The molecule has 0 saturated heterocycles. The molecule has 6 rings (SSSR count). The Bertz CT molecular complexity index is 1610. The quantitative estimate of drug-likeness (QED) is 0.281. The Hall–Kier alpha value is -3.58. The van der Waals surface area contributed by atoms with E-state index < -0.39 is 0 Å². The predicted molar refractivity (Wildman–Crippen MR) is 128 cm³/mol. The van der Waals surface area contributed by atoms with Crippen LogP contribution in [0.15, 0.2) is 78.9 Å². The highest BCUT2D eigenvalue weighted by Crippen LogP contribution is 2.43. The van der Waals surface area contributed by atoms with Crippen molar-refractivity contribution in [2.45, 2.75) is 13.8 Å². The van der Waals surface area contributed by atoms with E-state index in [9.17, 15) is 0 Å². The molecule has 6 aromatic rings. The molecular weight excluding hydrogens is 350 g/mol. The molecule has 0 fully saturated rings. The van der Waals surface area contributed by atoms with Gasteiger partial charge >= 0.3 is 0 Å². The van der Waals surface area contributed by atoms with E-state index in [0.29, 0.717) is 0 Å². The second-order valence-electron chi connectivity index (χ2n) is 7.80. The second kappa shape index (κ2) is 5.96. The van der Waals surface area contributed by atoms with Gasteiger partial charge in [-0.3, -0.25) is 0 Å². The van der Waals surface area contributed by atoms with Gasteiger partial charge < -0.3 is 4.98 Å². The molecule has 0 aliphatic carbocycles. The van der Waals surface area contributed by atoms with Crippen LogP contribution in [-0.2, 0) is 0 Å². The zero-order chi connectivity index (χ0) is 19.5. The molecule has 29 heavy (non-hydrogen) atoms. The molecule has 0 amide bonds. The van der Waals surface area contributed by atoms with Crippen LogP contribution in [-0.4, -0.2) is 4.98 Å². The van der Waals surface area contributed by atoms with Crippen molar-refractivity contribution in [3.05, 3.63) is 90.0 Å². The third-order valence-electron chi connectivity index (χ3n) is 6.28. The number of benzene rings is 5. The summed E-state index contributed by atoms with van der Waals surface area (Å²) in [5.74, 6) is 0. The normalized spacial score (nSPS) is 12.3. The maximum Gasteiger partial charge on any atom is 0.0551 e. The zero-order valence-corrected chi connectivity index (χ0v) is 16.6. The molecule has 0 aliphatic rings. The molecule has 138 valence electrons. The fourth-order valence-corrected chi connectivity index (χ4v) is 5.05. The summed E-state index contributed by atoms with van der Waals surface area (Å²) in [5.41, 5.74) is 5.09. The lowest BCUT2D eigenvalue weighted by atomic mass is 9.92. The molecule has 1 nitrogen and oxygen atoms in total. The molecule has 1 aromatic heterocycles. The molecule has 0 saturated carbocycles. The molecule has 1 heterocycles. The summed E-state index contributed by atoms with van der Waals surface area (Å²) < 4.78 is 0. The summed E-state index contributed by atoms with van der Waals surface area (Å²) in [6.07, 6.45) is 4.37. The van der Waals surface area contributed by atoms with Gasteiger partial charge in [-0.05, 0) is 51.9 Å². The van der Waals surface area contributed by atoms with Crippen LogP contribution < -0.4 is 0 Å². The number of hydrogen-bond acceptors (Lipinski definition) is 0. The number of allylic oxidation sites excluding steroid dienone is 1. The first-order valence-corrected chi connectivity index (χ1v) is 10.2. The Labute approximate surface area is 169 Å². The minimum atomic E-state index is 1.24. The van der Waals surface area contributed by atoms with Crippen LogP contribution in [0.3, 0.4) is 0 Å². The summed E-state index contributed by atoms with van der Waals surface area (Å²) in [5, 5.41) is 10.5.